The molecule has 2 bridgehead atoms. The molecule has 1 aliphatic carbocycles. The van der Waals surface area contributed by atoms with Crippen molar-refractivity contribution in [3.8, 4) is 0 Å². The van der Waals surface area contributed by atoms with Crippen molar-refractivity contribution in [3.05, 3.63) is 48.6 Å². The van der Waals surface area contributed by atoms with Gasteiger partial charge in [-0.3, -0.25) is 23.4 Å². The Bertz CT molecular complexity index is 1450. The first-order valence-electron chi connectivity index (χ1n) is 23.5. The summed E-state index contributed by atoms with van der Waals surface area (Å²) >= 11 is 0. The van der Waals surface area contributed by atoms with Crippen molar-refractivity contribution in [2.45, 2.75) is 204 Å². The number of aliphatic hydroxyl groups is 6. The number of phosphoric acid groups is 1. The Balaban J connectivity index is 2.18. The third-order valence-electron chi connectivity index (χ3n) is 11.4. The minimum absolute atomic E-state index is 0.0151. The quantitative estimate of drug-likeness (QED) is 0.0256. The van der Waals surface area contributed by atoms with Gasteiger partial charge in [0.15, 0.2) is 11.9 Å². The van der Waals surface area contributed by atoms with Crippen LogP contribution in [-0.2, 0) is 37.5 Å². The molecular formula is C47H79O15P. The molecule has 15 nitrogen and oxygen atoms in total. The third kappa shape index (κ3) is 24.0. The summed E-state index contributed by atoms with van der Waals surface area (Å²) in [5.74, 6) is -4.66. The molecule has 0 aromatic heterocycles. The van der Waals surface area contributed by atoms with Crippen LogP contribution in [0.15, 0.2) is 48.6 Å². The average Bonchev–Trinajstić information content (AvgIpc) is 3.26. The van der Waals surface area contributed by atoms with Gasteiger partial charge in [0.1, 0.15) is 31.0 Å². The average molecular weight is 915 g/mol. The lowest BCUT2D eigenvalue weighted by Gasteiger charge is -2.36. The normalized spacial score (nSPS) is 31.2. The van der Waals surface area contributed by atoms with Crippen LogP contribution < -0.4 is 0 Å². The largest absolute Gasteiger partial charge is 0.472 e. The van der Waals surface area contributed by atoms with Gasteiger partial charge in [-0.05, 0) is 63.9 Å². The number of unbranched alkanes of at least 4 members (excludes halogenated alkanes) is 13. The van der Waals surface area contributed by atoms with Crippen molar-refractivity contribution in [3.63, 3.8) is 0 Å². The maximum atomic E-state index is 13.6. The van der Waals surface area contributed by atoms with E-state index in [0.29, 0.717) is 32.1 Å². The molecule has 63 heavy (non-hydrogen) atoms. The first-order chi connectivity index (χ1) is 30.2. The summed E-state index contributed by atoms with van der Waals surface area (Å²) < 4.78 is 34.7. The molecule has 0 aromatic rings. The molecule has 1 unspecified atom stereocenters. The van der Waals surface area contributed by atoms with Crippen LogP contribution in [-0.4, -0.2) is 115 Å². The predicted molar refractivity (Wildman–Crippen MR) is 239 cm³/mol. The molecule has 0 amide bonds. The zero-order valence-corrected chi connectivity index (χ0v) is 38.6. The van der Waals surface area contributed by atoms with E-state index in [4.69, 9.17) is 18.5 Å². The first-order valence-corrected chi connectivity index (χ1v) is 25.0. The second kappa shape index (κ2) is 33.0. The summed E-state index contributed by atoms with van der Waals surface area (Å²) in [6, 6.07) is 0. The number of ether oxygens (including phenoxy) is 2. The summed E-state index contributed by atoms with van der Waals surface area (Å²) in [7, 11) is -5.42. The number of cyclic esters (lactones) is 1. The summed E-state index contributed by atoms with van der Waals surface area (Å²) in [5, 5.41) is 67.0. The van der Waals surface area contributed by atoms with Crippen LogP contribution in [0.2, 0.25) is 0 Å². The Kier molecular flexibility index (Phi) is 29.6. The number of allylic oxidation sites excluding steroid dienone is 5. The molecule has 1 aliphatic heterocycles. The zero-order chi connectivity index (χ0) is 46.5. The molecule has 11 atom stereocenters. The highest BCUT2D eigenvalue weighted by Gasteiger charge is 2.47. The second-order valence-corrected chi connectivity index (χ2v) is 18.3. The lowest BCUT2D eigenvalue weighted by atomic mass is 9.87. The Morgan fingerprint density at radius 2 is 1.43 bits per heavy atom. The van der Waals surface area contributed by atoms with E-state index in [2.05, 4.69) is 19.1 Å². The fourth-order valence-electron chi connectivity index (χ4n) is 7.43. The maximum Gasteiger partial charge on any atom is 0.472 e. The van der Waals surface area contributed by atoms with E-state index in [1.54, 1.807) is 12.2 Å². The van der Waals surface area contributed by atoms with Crippen molar-refractivity contribution in [2.75, 3.05) is 13.2 Å². The fraction of sp³-hybridized carbons (Fsp3) is 0.766. The molecule has 2 rings (SSSR count). The highest BCUT2D eigenvalue weighted by molar-refractivity contribution is 7.47. The van der Waals surface area contributed by atoms with Crippen molar-refractivity contribution < 1.29 is 73.0 Å². The standard InChI is InChI=1S/C47H79O15P/c1-3-5-7-8-9-10-11-12-13-14-15-16-17-18-24-28-41(51)61-37-33-59-40(50)27-23-20-19-22-25-35-29-32-39(49)38(31-30-36(48)26-21-6-4-2)43(53)45(55)47(46(56)44(54)42(35)52)62-63(57,58)60-34-37/h10-11,19,22,29-32,35-38,42-48,52-56H,3-9,12-18,20-21,23-28,33-34H2,1-2H3,(H,57,58)/b11-10-,22-19-,31-30+,32-29-/t35-,36-,37+,38-,42+,43+,44-,45+,46+,47+/m0/s1. The molecule has 0 spiro atoms. The number of aliphatic hydroxyl groups excluding tert-OH is 6. The SMILES string of the molecule is CCCCCC/C=C\CCCCCCCCCC(=O)O[C@@H]1COC(=O)CCC/C=C\C[C@H]2/C=C\C(=O)[C@H](/C=C/[C@@H](O)CCCCC)[C@@H](O)[C@@H](O)[C@@H](OP(=O)(O)OC1)[C@H](O)[C@@H](O)[C@@H]2O. The number of carbonyl (C=O) groups excluding carboxylic acids is 3. The number of fused-ring (bicyclic) bond motifs is 4. The monoisotopic (exact) mass is 915 g/mol. The number of ketones is 1. The summed E-state index contributed by atoms with van der Waals surface area (Å²) in [5.41, 5.74) is 0. The number of hydrogen-bond donors (Lipinski definition) is 7. The number of rotatable bonds is 22. The van der Waals surface area contributed by atoms with Crippen LogP contribution in [0.1, 0.15) is 155 Å². The van der Waals surface area contributed by atoms with Gasteiger partial charge in [0.25, 0.3) is 0 Å². The summed E-state index contributed by atoms with van der Waals surface area (Å²) in [6.45, 7) is 2.84. The third-order valence-corrected chi connectivity index (χ3v) is 12.4. The zero-order valence-electron chi connectivity index (χ0n) is 37.7. The van der Waals surface area contributed by atoms with Gasteiger partial charge in [-0.25, -0.2) is 4.57 Å². The Morgan fingerprint density at radius 3 is 2.11 bits per heavy atom. The minimum atomic E-state index is -5.42. The minimum Gasteiger partial charge on any atom is -0.462 e. The van der Waals surface area contributed by atoms with Crippen LogP contribution in [0, 0.1) is 11.8 Å². The van der Waals surface area contributed by atoms with Crippen LogP contribution in [0.5, 0.6) is 0 Å². The van der Waals surface area contributed by atoms with Crippen molar-refractivity contribution in [2.24, 2.45) is 11.8 Å². The van der Waals surface area contributed by atoms with Crippen molar-refractivity contribution in [1.82, 2.24) is 0 Å². The molecule has 2 aliphatic rings. The van der Waals surface area contributed by atoms with E-state index < -0.39 is 99.4 Å². The van der Waals surface area contributed by atoms with Gasteiger partial charge in [-0.15, -0.1) is 0 Å². The van der Waals surface area contributed by atoms with E-state index >= 15 is 0 Å². The molecular weight excluding hydrogens is 835 g/mol. The lowest BCUT2D eigenvalue weighted by molar-refractivity contribution is -0.164. The van der Waals surface area contributed by atoms with E-state index in [-0.39, 0.29) is 19.3 Å². The van der Waals surface area contributed by atoms with E-state index in [1.807, 2.05) is 6.92 Å². The number of carbonyl (C=O) groups is 3. The Hall–Kier alpha value is -2.56. The van der Waals surface area contributed by atoms with Gasteiger partial charge in [-0.1, -0.05) is 127 Å². The van der Waals surface area contributed by atoms with E-state index in [0.717, 1.165) is 70.3 Å². The van der Waals surface area contributed by atoms with Gasteiger partial charge in [0, 0.05) is 18.8 Å². The van der Waals surface area contributed by atoms with Gasteiger partial charge in [0.2, 0.25) is 0 Å². The van der Waals surface area contributed by atoms with Crippen LogP contribution in [0.4, 0.5) is 0 Å². The Labute approximate surface area is 375 Å². The smallest absolute Gasteiger partial charge is 0.462 e. The highest BCUT2D eigenvalue weighted by Crippen LogP contribution is 2.47. The fourth-order valence-corrected chi connectivity index (χ4v) is 8.40. The Morgan fingerprint density at radius 1 is 0.810 bits per heavy atom. The van der Waals surface area contributed by atoms with Gasteiger partial charge in [0.05, 0.1) is 30.8 Å². The van der Waals surface area contributed by atoms with Crippen LogP contribution in [0.3, 0.4) is 0 Å². The molecule has 16 heteroatoms. The molecule has 362 valence electrons. The second-order valence-electron chi connectivity index (χ2n) is 16.9. The number of esters is 2. The summed E-state index contributed by atoms with van der Waals surface area (Å²) in [6.07, 6.45) is 14.8. The van der Waals surface area contributed by atoms with Gasteiger partial charge in [-0.2, -0.15) is 0 Å². The lowest BCUT2D eigenvalue weighted by Crippen LogP contribution is -2.55. The predicted octanol–water partition coefficient (Wildman–Crippen LogP) is 6.78. The van der Waals surface area contributed by atoms with Crippen molar-refractivity contribution in [1.29, 1.82) is 0 Å². The number of phosphoric ester groups is 1. The molecule has 1 heterocycles. The molecule has 0 radical (unpaired) electrons. The van der Waals surface area contributed by atoms with Crippen LogP contribution in [0.25, 0.3) is 0 Å². The van der Waals surface area contributed by atoms with Gasteiger partial charge >= 0.3 is 19.8 Å². The maximum absolute atomic E-state index is 13.6. The molecule has 0 saturated carbocycles. The highest BCUT2D eigenvalue weighted by atomic mass is 31.2. The molecule has 0 aromatic carbocycles. The summed E-state index contributed by atoms with van der Waals surface area (Å²) in [4.78, 5) is 49.9. The van der Waals surface area contributed by atoms with Crippen molar-refractivity contribution >= 4 is 25.5 Å². The molecule has 0 saturated heterocycles. The topological polar surface area (TPSA) is 247 Å². The van der Waals surface area contributed by atoms with E-state index in [1.165, 1.54) is 43.9 Å². The van der Waals surface area contributed by atoms with E-state index in [9.17, 15) is 54.5 Å². The molecule has 0 fully saturated rings. The van der Waals surface area contributed by atoms with Gasteiger partial charge < -0.3 is 45.0 Å². The first kappa shape index (κ1) is 56.6. The van der Waals surface area contributed by atoms with Crippen LogP contribution >= 0.6 is 7.82 Å². The number of hydrogen-bond acceptors (Lipinski definition) is 14. The molecule has 7 N–H and O–H groups in total.